The van der Waals surface area contributed by atoms with Crippen molar-refractivity contribution in [2.75, 3.05) is 46.4 Å². The van der Waals surface area contributed by atoms with Gasteiger partial charge in [-0.3, -0.25) is 4.79 Å². The number of amides is 1. The van der Waals surface area contributed by atoms with E-state index in [1.54, 1.807) is 36.1 Å². The monoisotopic (exact) mass is 563 g/mol. The fraction of sp³-hybridized carbons (Fsp3) is 0.462. The summed E-state index contributed by atoms with van der Waals surface area (Å²) in [4.78, 5) is 27.1. The highest BCUT2D eigenvalue weighted by atomic mass is 32.2. The van der Waals surface area contributed by atoms with Crippen LogP contribution in [0, 0.1) is 19.8 Å². The molecule has 0 saturated carbocycles. The van der Waals surface area contributed by atoms with Gasteiger partial charge in [0.2, 0.25) is 26.0 Å². The van der Waals surface area contributed by atoms with Crippen molar-refractivity contribution >= 4 is 31.9 Å². The second-order valence-corrected chi connectivity index (χ2v) is 13.5. The molecule has 2 saturated heterocycles. The van der Waals surface area contributed by atoms with E-state index in [0.717, 1.165) is 5.56 Å². The lowest BCUT2D eigenvalue weighted by atomic mass is 9.96. The number of nitrogens with zero attached hydrogens (tertiary/aromatic N) is 3. The molecule has 4 rings (SSSR count). The average molecular weight is 564 g/mol. The Morgan fingerprint density at radius 2 is 1.37 bits per heavy atom. The topological polar surface area (TPSA) is 121 Å². The molecule has 2 aromatic carbocycles. The molecule has 0 bridgehead atoms. The number of hydrogen-bond donors (Lipinski definition) is 0. The predicted octanol–water partition coefficient (Wildman–Crippen LogP) is 2.02. The molecule has 0 spiro atoms. The van der Waals surface area contributed by atoms with E-state index in [1.807, 2.05) is 13.0 Å². The molecule has 2 aliphatic heterocycles. The Morgan fingerprint density at radius 3 is 1.97 bits per heavy atom. The number of aryl methyl sites for hydroxylation is 2. The van der Waals surface area contributed by atoms with Crippen LogP contribution in [0.25, 0.3) is 0 Å². The minimum Gasteiger partial charge on any atom is -0.465 e. The second-order valence-electron chi connectivity index (χ2n) is 9.66. The van der Waals surface area contributed by atoms with Gasteiger partial charge in [-0.05, 0) is 50.5 Å². The van der Waals surface area contributed by atoms with Crippen molar-refractivity contribution in [1.29, 1.82) is 0 Å². The third-order valence-corrected chi connectivity index (χ3v) is 11.2. The van der Waals surface area contributed by atoms with Gasteiger partial charge in [0.15, 0.2) is 0 Å². The third-order valence-electron chi connectivity index (χ3n) is 7.21. The Morgan fingerprint density at radius 1 is 0.789 bits per heavy atom. The summed E-state index contributed by atoms with van der Waals surface area (Å²) < 4.78 is 60.3. The van der Waals surface area contributed by atoms with Crippen molar-refractivity contribution in [3.05, 3.63) is 59.2 Å². The molecule has 2 aliphatic rings. The fourth-order valence-electron chi connectivity index (χ4n) is 5.09. The van der Waals surface area contributed by atoms with E-state index in [2.05, 4.69) is 0 Å². The van der Waals surface area contributed by atoms with Crippen LogP contribution in [0.3, 0.4) is 0 Å². The van der Waals surface area contributed by atoms with Crippen molar-refractivity contribution in [2.24, 2.45) is 5.92 Å². The number of rotatable bonds is 6. The number of carbonyl (C=O) groups excluding carboxylic acids is 2. The fourth-order valence-corrected chi connectivity index (χ4v) is 8.36. The maximum Gasteiger partial charge on any atom is 0.339 e. The molecular formula is C26H33N3O7S2. The van der Waals surface area contributed by atoms with Gasteiger partial charge in [-0.15, -0.1) is 0 Å². The first-order chi connectivity index (χ1) is 18.0. The van der Waals surface area contributed by atoms with Gasteiger partial charge in [-0.2, -0.15) is 8.61 Å². The maximum atomic E-state index is 13.3. The average Bonchev–Trinajstić information content (AvgIpc) is 2.92. The number of sulfonamides is 2. The van der Waals surface area contributed by atoms with E-state index >= 15 is 0 Å². The molecule has 0 radical (unpaired) electrons. The van der Waals surface area contributed by atoms with Crippen molar-refractivity contribution in [1.82, 2.24) is 13.5 Å². The van der Waals surface area contributed by atoms with Crippen molar-refractivity contribution in [3.8, 4) is 0 Å². The van der Waals surface area contributed by atoms with Crippen LogP contribution < -0.4 is 0 Å². The van der Waals surface area contributed by atoms with E-state index in [4.69, 9.17) is 4.74 Å². The molecule has 2 heterocycles. The quantitative estimate of drug-likeness (QED) is 0.493. The van der Waals surface area contributed by atoms with Crippen molar-refractivity contribution < 1.29 is 31.2 Å². The highest BCUT2D eigenvalue weighted by Gasteiger charge is 2.37. The Balaban J connectivity index is 1.36. The Bertz CT molecular complexity index is 1420. The molecule has 12 heteroatoms. The van der Waals surface area contributed by atoms with Crippen LogP contribution in [0.4, 0.5) is 0 Å². The largest absolute Gasteiger partial charge is 0.465 e. The number of hydrogen-bond acceptors (Lipinski definition) is 7. The highest BCUT2D eigenvalue weighted by Crippen LogP contribution is 2.28. The number of ether oxygens (including phenoxy) is 1. The molecule has 2 fully saturated rings. The van der Waals surface area contributed by atoms with E-state index in [0.29, 0.717) is 18.4 Å². The van der Waals surface area contributed by atoms with Gasteiger partial charge in [0, 0.05) is 45.2 Å². The van der Waals surface area contributed by atoms with Crippen molar-refractivity contribution in [2.45, 2.75) is 36.5 Å². The zero-order chi connectivity index (χ0) is 27.7. The SMILES string of the molecule is COC(=O)c1ccccc1S(=O)(=O)N1CCC(C(=O)N2CCN(S(=O)(=O)c3ccc(C)cc3C)CC2)CC1. The molecule has 206 valence electrons. The Hall–Kier alpha value is -2.80. The number of piperidine rings is 1. The van der Waals surface area contributed by atoms with Gasteiger partial charge in [0.1, 0.15) is 0 Å². The number of esters is 1. The summed E-state index contributed by atoms with van der Waals surface area (Å²) in [5.41, 5.74) is 1.66. The third kappa shape index (κ3) is 5.49. The van der Waals surface area contributed by atoms with Gasteiger partial charge in [-0.1, -0.05) is 29.8 Å². The highest BCUT2D eigenvalue weighted by molar-refractivity contribution is 7.89. The van der Waals surface area contributed by atoms with Gasteiger partial charge in [0.05, 0.1) is 22.5 Å². The number of piperazine rings is 1. The van der Waals surface area contributed by atoms with E-state index in [-0.39, 0.29) is 66.4 Å². The Labute approximate surface area is 224 Å². The molecule has 10 nitrogen and oxygen atoms in total. The minimum atomic E-state index is -3.94. The van der Waals surface area contributed by atoms with Crippen LogP contribution in [0.2, 0.25) is 0 Å². The van der Waals surface area contributed by atoms with E-state index in [9.17, 15) is 26.4 Å². The molecule has 1 amide bonds. The summed E-state index contributed by atoms with van der Waals surface area (Å²) in [5.74, 6) is -1.16. The molecule has 0 aromatic heterocycles. The number of benzene rings is 2. The van der Waals surface area contributed by atoms with Crippen LogP contribution in [0.15, 0.2) is 52.3 Å². The Kier molecular flexibility index (Phi) is 8.26. The molecule has 0 N–H and O–H groups in total. The molecular weight excluding hydrogens is 530 g/mol. The molecule has 0 aliphatic carbocycles. The summed E-state index contributed by atoms with van der Waals surface area (Å²) in [6.07, 6.45) is 0.694. The smallest absolute Gasteiger partial charge is 0.339 e. The standard InChI is InChI=1S/C26H33N3O7S2/c1-19-8-9-23(20(2)18-19)37(32,33)29-16-14-27(15-17-29)25(30)21-10-12-28(13-11-21)38(34,35)24-7-5-4-6-22(24)26(31)36-3/h4-9,18,21H,10-17H2,1-3H3. The van der Waals surface area contributed by atoms with Gasteiger partial charge < -0.3 is 9.64 Å². The van der Waals surface area contributed by atoms with E-state index in [1.165, 1.54) is 27.9 Å². The second kappa shape index (κ2) is 11.1. The molecule has 2 aromatic rings. The first kappa shape index (κ1) is 28.2. The minimum absolute atomic E-state index is 0.0261. The number of methoxy groups -OCH3 is 1. The lowest BCUT2D eigenvalue weighted by Crippen LogP contribution is -2.53. The summed E-state index contributed by atoms with van der Waals surface area (Å²) in [5, 5.41) is 0. The van der Waals surface area contributed by atoms with Crippen LogP contribution in [0.1, 0.15) is 34.3 Å². The normalized spacial score (nSPS) is 18.3. The van der Waals surface area contributed by atoms with Crippen LogP contribution in [-0.2, 0) is 29.6 Å². The first-order valence-corrected chi connectivity index (χ1v) is 15.4. The van der Waals surface area contributed by atoms with Crippen LogP contribution >= 0.6 is 0 Å². The number of carbonyl (C=O) groups is 2. The first-order valence-electron chi connectivity index (χ1n) is 12.5. The van der Waals surface area contributed by atoms with Gasteiger partial charge in [-0.25, -0.2) is 21.6 Å². The molecule has 0 atom stereocenters. The summed E-state index contributed by atoms with van der Waals surface area (Å²) >= 11 is 0. The van der Waals surface area contributed by atoms with Crippen molar-refractivity contribution in [3.63, 3.8) is 0 Å². The lowest BCUT2D eigenvalue weighted by Gasteiger charge is -2.38. The summed E-state index contributed by atoms with van der Waals surface area (Å²) in [7, 11) is -6.40. The zero-order valence-corrected chi connectivity index (χ0v) is 23.4. The van der Waals surface area contributed by atoms with Crippen LogP contribution in [0.5, 0.6) is 0 Å². The predicted molar refractivity (Wildman–Crippen MR) is 141 cm³/mol. The summed E-state index contributed by atoms with van der Waals surface area (Å²) in [6, 6.07) is 11.2. The maximum absolute atomic E-state index is 13.3. The molecule has 0 unspecified atom stereocenters. The van der Waals surface area contributed by atoms with Gasteiger partial charge >= 0.3 is 5.97 Å². The van der Waals surface area contributed by atoms with Gasteiger partial charge in [0.25, 0.3) is 0 Å². The van der Waals surface area contributed by atoms with E-state index < -0.39 is 26.0 Å². The molecule has 38 heavy (non-hydrogen) atoms. The summed E-state index contributed by atoms with van der Waals surface area (Å²) in [6.45, 7) is 4.97. The zero-order valence-electron chi connectivity index (χ0n) is 21.8. The van der Waals surface area contributed by atoms with Crippen LogP contribution in [-0.4, -0.2) is 88.6 Å². The lowest BCUT2D eigenvalue weighted by molar-refractivity contribution is -0.137.